The zero-order valence-corrected chi connectivity index (χ0v) is 9.00. The van der Waals surface area contributed by atoms with Gasteiger partial charge in [-0.2, -0.15) is 11.8 Å². The summed E-state index contributed by atoms with van der Waals surface area (Å²) in [5.41, 5.74) is 0.896. The monoisotopic (exact) mass is 215 g/mol. The largest absolute Gasteiger partial charge is 0.481 e. The molecule has 0 fully saturated rings. The SMILES string of the molecule is Cc1ocnc1CSC(C)CC(=O)O. The Hall–Kier alpha value is -0.970. The Bertz CT molecular complexity index is 311. The first-order valence-corrected chi connectivity index (χ1v) is 5.37. The van der Waals surface area contributed by atoms with Gasteiger partial charge in [-0.25, -0.2) is 4.98 Å². The summed E-state index contributed by atoms with van der Waals surface area (Å²) in [5.74, 6) is 0.749. The molecule has 1 N–H and O–H groups in total. The van der Waals surface area contributed by atoms with Gasteiger partial charge in [0.2, 0.25) is 0 Å². The molecule has 4 nitrogen and oxygen atoms in total. The highest BCUT2D eigenvalue weighted by Gasteiger charge is 2.10. The van der Waals surface area contributed by atoms with Crippen molar-refractivity contribution in [3.63, 3.8) is 0 Å². The van der Waals surface area contributed by atoms with Crippen molar-refractivity contribution in [1.29, 1.82) is 0 Å². The molecule has 0 bridgehead atoms. The van der Waals surface area contributed by atoms with Crippen LogP contribution in [0.25, 0.3) is 0 Å². The lowest BCUT2D eigenvalue weighted by molar-refractivity contribution is -0.136. The number of oxazole rings is 1. The molecule has 14 heavy (non-hydrogen) atoms. The van der Waals surface area contributed by atoms with Gasteiger partial charge in [0.15, 0.2) is 6.39 Å². The van der Waals surface area contributed by atoms with Crippen LogP contribution in [0.2, 0.25) is 0 Å². The molecular weight excluding hydrogens is 202 g/mol. The summed E-state index contributed by atoms with van der Waals surface area (Å²) in [5, 5.41) is 8.65. The van der Waals surface area contributed by atoms with Gasteiger partial charge in [-0.1, -0.05) is 6.92 Å². The number of carbonyl (C=O) groups is 1. The highest BCUT2D eigenvalue weighted by molar-refractivity contribution is 7.99. The minimum Gasteiger partial charge on any atom is -0.481 e. The summed E-state index contributed by atoms with van der Waals surface area (Å²) >= 11 is 1.57. The number of carboxylic acid groups (broad SMARTS) is 1. The number of hydrogen-bond acceptors (Lipinski definition) is 4. The van der Waals surface area contributed by atoms with E-state index in [0.717, 1.165) is 11.5 Å². The maximum atomic E-state index is 10.4. The van der Waals surface area contributed by atoms with E-state index in [-0.39, 0.29) is 11.7 Å². The zero-order valence-electron chi connectivity index (χ0n) is 8.19. The van der Waals surface area contributed by atoms with Crippen molar-refractivity contribution in [1.82, 2.24) is 4.98 Å². The van der Waals surface area contributed by atoms with E-state index in [1.54, 1.807) is 11.8 Å². The molecule has 0 aromatic carbocycles. The van der Waals surface area contributed by atoms with Gasteiger partial charge in [-0.15, -0.1) is 0 Å². The maximum Gasteiger partial charge on any atom is 0.304 e. The van der Waals surface area contributed by atoms with Crippen LogP contribution in [0.3, 0.4) is 0 Å². The normalized spacial score (nSPS) is 12.7. The molecule has 1 unspecified atom stereocenters. The van der Waals surface area contributed by atoms with E-state index in [1.165, 1.54) is 6.39 Å². The van der Waals surface area contributed by atoms with E-state index >= 15 is 0 Å². The predicted octanol–water partition coefficient (Wildman–Crippen LogP) is 2.08. The fraction of sp³-hybridized carbons (Fsp3) is 0.556. The number of carboxylic acids is 1. The molecule has 1 aromatic rings. The Morgan fingerprint density at radius 2 is 2.50 bits per heavy atom. The Balaban J connectivity index is 2.34. The van der Waals surface area contributed by atoms with Gasteiger partial charge in [-0.3, -0.25) is 4.79 Å². The highest BCUT2D eigenvalue weighted by atomic mass is 32.2. The van der Waals surface area contributed by atoms with E-state index in [2.05, 4.69) is 4.98 Å². The predicted molar refractivity (Wildman–Crippen MR) is 54.2 cm³/mol. The maximum absolute atomic E-state index is 10.4. The van der Waals surface area contributed by atoms with E-state index in [0.29, 0.717) is 5.75 Å². The lowest BCUT2D eigenvalue weighted by atomic mass is 10.3. The van der Waals surface area contributed by atoms with Crippen LogP contribution in [0.1, 0.15) is 24.8 Å². The molecule has 0 aliphatic heterocycles. The van der Waals surface area contributed by atoms with Crippen molar-refractivity contribution in [3.8, 4) is 0 Å². The van der Waals surface area contributed by atoms with Crippen molar-refractivity contribution >= 4 is 17.7 Å². The van der Waals surface area contributed by atoms with Crippen LogP contribution in [0.4, 0.5) is 0 Å². The molecule has 0 aliphatic rings. The molecule has 0 aliphatic carbocycles. The summed E-state index contributed by atoms with van der Waals surface area (Å²) in [6.07, 6.45) is 1.59. The van der Waals surface area contributed by atoms with Crippen molar-refractivity contribution in [2.45, 2.75) is 31.3 Å². The van der Waals surface area contributed by atoms with Gasteiger partial charge in [-0.05, 0) is 6.92 Å². The average Bonchev–Trinajstić information content (AvgIpc) is 2.46. The molecule has 1 atom stereocenters. The van der Waals surface area contributed by atoms with Crippen LogP contribution in [-0.4, -0.2) is 21.3 Å². The Morgan fingerprint density at radius 1 is 1.79 bits per heavy atom. The molecule has 1 rings (SSSR count). The summed E-state index contributed by atoms with van der Waals surface area (Å²) in [4.78, 5) is 14.4. The molecule has 0 radical (unpaired) electrons. The van der Waals surface area contributed by atoms with Gasteiger partial charge in [0.25, 0.3) is 0 Å². The Labute approximate surface area is 86.7 Å². The van der Waals surface area contributed by atoms with Crippen LogP contribution in [0.15, 0.2) is 10.8 Å². The zero-order chi connectivity index (χ0) is 10.6. The van der Waals surface area contributed by atoms with E-state index in [1.807, 2.05) is 13.8 Å². The minimum absolute atomic E-state index is 0.101. The molecule has 5 heteroatoms. The van der Waals surface area contributed by atoms with E-state index in [4.69, 9.17) is 9.52 Å². The van der Waals surface area contributed by atoms with E-state index in [9.17, 15) is 4.79 Å². The van der Waals surface area contributed by atoms with Gasteiger partial charge in [0, 0.05) is 11.0 Å². The Kier molecular flexibility index (Phi) is 4.00. The first kappa shape index (κ1) is 11.1. The molecular formula is C9H13NO3S. The lowest BCUT2D eigenvalue weighted by Gasteiger charge is -2.06. The summed E-state index contributed by atoms with van der Waals surface area (Å²) < 4.78 is 5.04. The molecule has 78 valence electrons. The van der Waals surface area contributed by atoms with Crippen molar-refractivity contribution in [2.75, 3.05) is 0 Å². The van der Waals surface area contributed by atoms with Gasteiger partial charge in [0.1, 0.15) is 5.76 Å². The number of nitrogens with zero attached hydrogens (tertiary/aromatic N) is 1. The summed E-state index contributed by atoms with van der Waals surface area (Å²) in [6, 6.07) is 0. The number of aromatic nitrogens is 1. The van der Waals surface area contributed by atoms with Crippen molar-refractivity contribution < 1.29 is 14.3 Å². The van der Waals surface area contributed by atoms with Crippen LogP contribution in [0.5, 0.6) is 0 Å². The van der Waals surface area contributed by atoms with Gasteiger partial charge < -0.3 is 9.52 Å². The number of thioether (sulfide) groups is 1. The highest BCUT2D eigenvalue weighted by Crippen LogP contribution is 2.20. The van der Waals surface area contributed by atoms with Gasteiger partial charge in [0.05, 0.1) is 12.1 Å². The molecule has 0 saturated carbocycles. The van der Waals surface area contributed by atoms with Crippen LogP contribution >= 0.6 is 11.8 Å². The smallest absolute Gasteiger partial charge is 0.304 e. The fourth-order valence-corrected chi connectivity index (χ4v) is 1.97. The van der Waals surface area contributed by atoms with Crippen LogP contribution < -0.4 is 0 Å². The molecule has 0 saturated heterocycles. The minimum atomic E-state index is -0.762. The number of rotatable bonds is 5. The van der Waals surface area contributed by atoms with Gasteiger partial charge >= 0.3 is 5.97 Å². The second-order valence-electron chi connectivity index (χ2n) is 3.07. The van der Waals surface area contributed by atoms with E-state index < -0.39 is 5.97 Å². The quantitative estimate of drug-likeness (QED) is 0.814. The number of aliphatic carboxylic acids is 1. The Morgan fingerprint density at radius 3 is 3.00 bits per heavy atom. The first-order valence-electron chi connectivity index (χ1n) is 4.32. The van der Waals surface area contributed by atoms with Crippen molar-refractivity contribution in [3.05, 3.63) is 17.8 Å². The van der Waals surface area contributed by atoms with Crippen LogP contribution in [0, 0.1) is 6.92 Å². The molecule has 0 amide bonds. The fourth-order valence-electron chi connectivity index (χ4n) is 0.993. The lowest BCUT2D eigenvalue weighted by Crippen LogP contribution is -2.06. The third-order valence-electron chi connectivity index (χ3n) is 1.81. The average molecular weight is 215 g/mol. The van der Waals surface area contributed by atoms with Crippen LogP contribution in [-0.2, 0) is 10.5 Å². The molecule has 1 aromatic heterocycles. The molecule has 0 spiro atoms. The topological polar surface area (TPSA) is 63.3 Å². The second-order valence-corrected chi connectivity index (χ2v) is 4.50. The third kappa shape index (κ3) is 3.41. The summed E-state index contributed by atoms with van der Waals surface area (Å²) in [7, 11) is 0. The van der Waals surface area contributed by atoms with Crippen molar-refractivity contribution in [2.24, 2.45) is 0 Å². The second kappa shape index (κ2) is 5.05. The number of hydrogen-bond donors (Lipinski definition) is 1. The standard InChI is InChI=1S/C9H13NO3S/c1-6(3-9(11)12)14-4-8-7(2)13-5-10-8/h5-6H,3-4H2,1-2H3,(H,11,12). The number of aryl methyl sites for hydroxylation is 1. The third-order valence-corrected chi connectivity index (χ3v) is 2.99. The summed E-state index contributed by atoms with van der Waals surface area (Å²) in [6.45, 7) is 3.75. The first-order chi connectivity index (χ1) is 6.59. The molecule has 1 heterocycles.